The smallest absolute Gasteiger partial charge is 0.142 e. The molecule has 0 aliphatic carbocycles. The van der Waals surface area contributed by atoms with Crippen LogP contribution in [0.1, 0.15) is 0 Å². The fourth-order valence-electron chi connectivity index (χ4n) is 5.94. The first-order valence-corrected chi connectivity index (χ1v) is 12.7. The Kier molecular flexibility index (Phi) is 4.29. The molecule has 1 heterocycles. The molecule has 37 heavy (non-hydrogen) atoms. The molecule has 0 N–H and O–H groups in total. The lowest BCUT2D eigenvalue weighted by Gasteiger charge is -2.14. The molecule has 1 heteroatoms. The van der Waals surface area contributed by atoms with E-state index in [9.17, 15) is 0 Å². The van der Waals surface area contributed by atoms with Crippen LogP contribution in [0, 0.1) is 0 Å². The van der Waals surface area contributed by atoms with Gasteiger partial charge in [0, 0.05) is 21.9 Å². The summed E-state index contributed by atoms with van der Waals surface area (Å²) < 4.78 is 6.39. The Morgan fingerprint density at radius 3 is 1.92 bits per heavy atom. The minimum atomic E-state index is 0.940. The van der Waals surface area contributed by atoms with Crippen LogP contribution in [0.4, 0.5) is 0 Å². The van der Waals surface area contributed by atoms with Crippen LogP contribution in [0.3, 0.4) is 0 Å². The molecular weight excluding hydrogens is 448 g/mol. The van der Waals surface area contributed by atoms with Crippen molar-refractivity contribution in [1.82, 2.24) is 0 Å². The molecule has 172 valence electrons. The first-order chi connectivity index (χ1) is 18.3. The van der Waals surface area contributed by atoms with E-state index in [1.807, 2.05) is 6.26 Å². The summed E-state index contributed by atoms with van der Waals surface area (Å²) in [6.45, 7) is 0. The van der Waals surface area contributed by atoms with Crippen molar-refractivity contribution in [1.29, 1.82) is 0 Å². The monoisotopic (exact) mass is 470 g/mol. The Bertz CT molecular complexity index is 2130. The zero-order chi connectivity index (χ0) is 24.3. The molecule has 0 unspecified atom stereocenters. The summed E-state index contributed by atoms with van der Waals surface area (Å²) in [6.07, 6.45) is 1.95. The van der Waals surface area contributed by atoms with Crippen LogP contribution >= 0.6 is 0 Å². The lowest BCUT2D eigenvalue weighted by molar-refractivity contribution is 0.620. The van der Waals surface area contributed by atoms with Crippen molar-refractivity contribution in [3.63, 3.8) is 0 Å². The van der Waals surface area contributed by atoms with Crippen molar-refractivity contribution in [2.24, 2.45) is 0 Å². The molecule has 0 spiro atoms. The van der Waals surface area contributed by atoms with Crippen molar-refractivity contribution in [3.8, 4) is 22.3 Å². The zero-order valence-corrected chi connectivity index (χ0v) is 20.1. The maximum absolute atomic E-state index is 6.39. The van der Waals surface area contributed by atoms with Gasteiger partial charge in [-0.1, -0.05) is 103 Å². The standard InChI is InChI=1S/C36H22O/c1-2-8-23(9-3-1)29-16-15-27-20-25-11-4-5-12-26(25)21-33(27)35(29)34-22-37-36-31-17-14-24-10-6-7-13-28(24)30(31)18-19-32(34)36/h1-22H. The molecule has 0 atom stereocenters. The molecule has 0 saturated carbocycles. The molecule has 0 saturated heterocycles. The molecule has 0 bridgehead atoms. The number of hydrogen-bond donors (Lipinski definition) is 0. The van der Waals surface area contributed by atoms with E-state index in [0.29, 0.717) is 0 Å². The Labute approximate surface area is 214 Å². The quantitative estimate of drug-likeness (QED) is 0.181. The second kappa shape index (κ2) is 7.81. The van der Waals surface area contributed by atoms with Gasteiger partial charge in [0.05, 0.1) is 6.26 Å². The van der Waals surface area contributed by atoms with E-state index in [0.717, 1.165) is 21.9 Å². The fraction of sp³-hybridized carbons (Fsp3) is 0. The number of furan rings is 1. The van der Waals surface area contributed by atoms with Crippen molar-refractivity contribution in [3.05, 3.63) is 134 Å². The van der Waals surface area contributed by atoms with Crippen LogP contribution in [0.25, 0.3) is 76.3 Å². The third-order valence-electron chi connectivity index (χ3n) is 7.70. The largest absolute Gasteiger partial charge is 0.463 e. The van der Waals surface area contributed by atoms with Crippen molar-refractivity contribution < 1.29 is 4.42 Å². The summed E-state index contributed by atoms with van der Waals surface area (Å²) in [5, 5.41) is 11.0. The summed E-state index contributed by atoms with van der Waals surface area (Å²) in [5.74, 6) is 0. The van der Waals surface area contributed by atoms with Crippen LogP contribution < -0.4 is 0 Å². The van der Waals surface area contributed by atoms with Crippen LogP contribution in [0.2, 0.25) is 0 Å². The van der Waals surface area contributed by atoms with Crippen LogP contribution in [-0.2, 0) is 0 Å². The van der Waals surface area contributed by atoms with Gasteiger partial charge < -0.3 is 4.42 Å². The van der Waals surface area contributed by atoms with E-state index in [4.69, 9.17) is 4.42 Å². The van der Waals surface area contributed by atoms with Gasteiger partial charge in [-0.25, -0.2) is 0 Å². The second-order valence-corrected chi connectivity index (χ2v) is 9.75. The molecule has 0 fully saturated rings. The molecule has 8 aromatic rings. The molecule has 1 aromatic heterocycles. The summed E-state index contributed by atoms with van der Waals surface area (Å²) in [7, 11) is 0. The van der Waals surface area contributed by atoms with E-state index < -0.39 is 0 Å². The summed E-state index contributed by atoms with van der Waals surface area (Å²) in [4.78, 5) is 0. The number of benzene rings is 7. The fourth-order valence-corrected chi connectivity index (χ4v) is 5.94. The van der Waals surface area contributed by atoms with Gasteiger partial charge in [0.15, 0.2) is 0 Å². The SMILES string of the molecule is c1ccc(-c2ccc3cc4ccccc4cc3c2-c2coc3c2ccc2c4ccccc4ccc23)cc1. The normalized spacial score (nSPS) is 11.8. The highest BCUT2D eigenvalue weighted by molar-refractivity contribution is 6.20. The lowest BCUT2D eigenvalue weighted by atomic mass is 9.88. The maximum Gasteiger partial charge on any atom is 0.142 e. The Hall–Kier alpha value is -4.88. The summed E-state index contributed by atoms with van der Waals surface area (Å²) >= 11 is 0. The maximum atomic E-state index is 6.39. The van der Waals surface area contributed by atoms with Gasteiger partial charge in [-0.2, -0.15) is 0 Å². The molecule has 7 aromatic carbocycles. The van der Waals surface area contributed by atoms with Crippen molar-refractivity contribution in [2.45, 2.75) is 0 Å². The topological polar surface area (TPSA) is 13.1 Å². The lowest BCUT2D eigenvalue weighted by Crippen LogP contribution is -1.88. The van der Waals surface area contributed by atoms with Crippen molar-refractivity contribution in [2.75, 3.05) is 0 Å². The van der Waals surface area contributed by atoms with Gasteiger partial charge >= 0.3 is 0 Å². The average Bonchev–Trinajstić information content (AvgIpc) is 3.40. The highest BCUT2D eigenvalue weighted by Gasteiger charge is 2.19. The van der Waals surface area contributed by atoms with Crippen LogP contribution in [-0.4, -0.2) is 0 Å². The molecule has 8 rings (SSSR count). The number of hydrogen-bond acceptors (Lipinski definition) is 1. The number of rotatable bonds is 2. The Morgan fingerprint density at radius 1 is 0.378 bits per heavy atom. The minimum Gasteiger partial charge on any atom is -0.463 e. The predicted molar refractivity (Wildman–Crippen MR) is 157 cm³/mol. The third-order valence-corrected chi connectivity index (χ3v) is 7.70. The second-order valence-electron chi connectivity index (χ2n) is 9.75. The molecule has 0 aliphatic heterocycles. The first kappa shape index (κ1) is 20.3. The van der Waals surface area contributed by atoms with Gasteiger partial charge in [-0.3, -0.25) is 0 Å². The van der Waals surface area contributed by atoms with Gasteiger partial charge in [-0.15, -0.1) is 0 Å². The zero-order valence-electron chi connectivity index (χ0n) is 20.1. The number of fused-ring (bicyclic) bond motifs is 7. The average molecular weight is 471 g/mol. The van der Waals surface area contributed by atoms with Crippen molar-refractivity contribution >= 4 is 54.1 Å². The molecular formula is C36H22O. The molecule has 0 radical (unpaired) electrons. The van der Waals surface area contributed by atoms with E-state index in [2.05, 4.69) is 127 Å². The van der Waals surface area contributed by atoms with Gasteiger partial charge in [0.1, 0.15) is 5.58 Å². The highest BCUT2D eigenvalue weighted by Crippen LogP contribution is 2.44. The minimum absolute atomic E-state index is 0.940. The molecule has 0 amide bonds. The van der Waals surface area contributed by atoms with E-state index in [-0.39, 0.29) is 0 Å². The van der Waals surface area contributed by atoms with Gasteiger partial charge in [0.2, 0.25) is 0 Å². The molecule has 1 nitrogen and oxygen atoms in total. The first-order valence-electron chi connectivity index (χ1n) is 12.7. The van der Waals surface area contributed by atoms with Crippen LogP contribution in [0.15, 0.2) is 138 Å². The van der Waals surface area contributed by atoms with Crippen LogP contribution in [0.5, 0.6) is 0 Å². The third kappa shape index (κ3) is 3.04. The Balaban J connectivity index is 1.49. The van der Waals surface area contributed by atoms with E-state index in [1.54, 1.807) is 0 Å². The summed E-state index contributed by atoms with van der Waals surface area (Å²) in [5.41, 5.74) is 5.70. The summed E-state index contributed by atoms with van der Waals surface area (Å²) in [6, 6.07) is 45.8. The van der Waals surface area contributed by atoms with E-state index in [1.165, 1.54) is 54.4 Å². The van der Waals surface area contributed by atoms with Gasteiger partial charge in [-0.05, 0) is 73.1 Å². The van der Waals surface area contributed by atoms with E-state index >= 15 is 0 Å². The Morgan fingerprint density at radius 2 is 1.05 bits per heavy atom. The molecule has 0 aliphatic rings. The van der Waals surface area contributed by atoms with Gasteiger partial charge in [0.25, 0.3) is 0 Å². The predicted octanol–water partition coefficient (Wildman–Crippen LogP) is 10.4. The highest BCUT2D eigenvalue weighted by atomic mass is 16.3.